The van der Waals surface area contributed by atoms with Crippen LogP contribution in [0.3, 0.4) is 0 Å². The third-order valence-corrected chi connectivity index (χ3v) is 2.90. The van der Waals surface area contributed by atoms with Crippen LogP contribution in [0.4, 0.5) is 0 Å². The lowest BCUT2D eigenvalue weighted by atomic mass is 9.74. The van der Waals surface area contributed by atoms with Gasteiger partial charge in [0.05, 0.1) is 0 Å². The van der Waals surface area contributed by atoms with Gasteiger partial charge in [0.25, 0.3) is 0 Å². The first kappa shape index (κ1) is 11.0. The maximum absolute atomic E-state index is 5.78. The zero-order valence-corrected chi connectivity index (χ0v) is 9.21. The normalized spacial score (nSPS) is 27.7. The van der Waals surface area contributed by atoms with Crippen molar-refractivity contribution in [1.82, 2.24) is 9.91 Å². The molecule has 2 saturated heterocycles. The van der Waals surface area contributed by atoms with Gasteiger partial charge in [-0.3, -0.25) is 5.84 Å². The zero-order chi connectivity index (χ0) is 9.90. The molecule has 2 heterocycles. The second kappa shape index (κ2) is 4.40. The number of likely N-dealkylation sites (tertiary alicyclic amines) is 1. The summed E-state index contributed by atoms with van der Waals surface area (Å²) >= 11 is 0. The standard InChI is InChI=1S/C8H17N3.C2H6/c1-10-5-8(6-10)3-2-4-11(9)7-8;1-2/h2-7,9H2,1H3;1-2H3. The number of hydrogen-bond acceptors (Lipinski definition) is 3. The lowest BCUT2D eigenvalue weighted by Crippen LogP contribution is -2.62. The van der Waals surface area contributed by atoms with Crippen LogP contribution in [-0.2, 0) is 0 Å². The molecule has 3 nitrogen and oxygen atoms in total. The Morgan fingerprint density at radius 3 is 2.23 bits per heavy atom. The van der Waals surface area contributed by atoms with E-state index >= 15 is 0 Å². The van der Waals surface area contributed by atoms with Gasteiger partial charge in [-0.05, 0) is 19.9 Å². The number of hydrazine groups is 1. The van der Waals surface area contributed by atoms with Gasteiger partial charge in [-0.15, -0.1) is 0 Å². The molecular weight excluding hydrogens is 162 g/mol. The molecule has 0 aromatic carbocycles. The molecule has 0 saturated carbocycles. The van der Waals surface area contributed by atoms with E-state index in [0.29, 0.717) is 5.41 Å². The second-order valence-electron chi connectivity index (χ2n) is 4.25. The fraction of sp³-hybridized carbons (Fsp3) is 1.00. The van der Waals surface area contributed by atoms with Crippen molar-refractivity contribution >= 4 is 0 Å². The van der Waals surface area contributed by atoms with E-state index in [2.05, 4.69) is 11.9 Å². The van der Waals surface area contributed by atoms with Crippen molar-refractivity contribution in [1.29, 1.82) is 0 Å². The van der Waals surface area contributed by atoms with Crippen LogP contribution in [0.2, 0.25) is 0 Å². The number of nitrogens with two attached hydrogens (primary N) is 1. The van der Waals surface area contributed by atoms with Gasteiger partial charge in [0.1, 0.15) is 0 Å². The first-order valence-corrected chi connectivity index (χ1v) is 5.38. The van der Waals surface area contributed by atoms with Crippen LogP contribution in [0, 0.1) is 5.41 Å². The van der Waals surface area contributed by atoms with Crippen LogP contribution >= 0.6 is 0 Å². The highest BCUT2D eigenvalue weighted by molar-refractivity contribution is 4.96. The molecule has 0 aliphatic carbocycles. The molecule has 3 heteroatoms. The molecule has 78 valence electrons. The largest absolute Gasteiger partial charge is 0.305 e. The third kappa shape index (κ3) is 2.42. The summed E-state index contributed by atoms with van der Waals surface area (Å²) in [5.74, 6) is 5.78. The van der Waals surface area contributed by atoms with Gasteiger partial charge >= 0.3 is 0 Å². The van der Waals surface area contributed by atoms with Gasteiger partial charge in [0.15, 0.2) is 0 Å². The highest BCUT2D eigenvalue weighted by atomic mass is 15.4. The quantitative estimate of drug-likeness (QED) is 0.569. The molecule has 2 aliphatic heterocycles. The van der Waals surface area contributed by atoms with Crippen molar-refractivity contribution in [2.24, 2.45) is 11.3 Å². The summed E-state index contributed by atoms with van der Waals surface area (Å²) in [6, 6.07) is 0. The van der Waals surface area contributed by atoms with Crippen LogP contribution < -0.4 is 5.84 Å². The summed E-state index contributed by atoms with van der Waals surface area (Å²) in [5, 5.41) is 1.98. The van der Waals surface area contributed by atoms with Crippen LogP contribution in [0.25, 0.3) is 0 Å². The van der Waals surface area contributed by atoms with E-state index in [4.69, 9.17) is 5.84 Å². The topological polar surface area (TPSA) is 32.5 Å². The fourth-order valence-electron chi connectivity index (χ4n) is 2.60. The molecular formula is C10H23N3. The average molecular weight is 185 g/mol. The molecule has 0 aromatic rings. The van der Waals surface area contributed by atoms with Crippen LogP contribution in [-0.4, -0.2) is 43.1 Å². The Bertz CT molecular complexity index is 147. The van der Waals surface area contributed by atoms with Crippen LogP contribution in [0.1, 0.15) is 26.7 Å². The summed E-state index contributed by atoms with van der Waals surface area (Å²) in [7, 11) is 2.18. The van der Waals surface area contributed by atoms with Crippen LogP contribution in [0.15, 0.2) is 0 Å². The molecule has 2 N–H and O–H groups in total. The molecule has 2 aliphatic rings. The highest BCUT2D eigenvalue weighted by Gasteiger charge is 2.43. The molecule has 2 fully saturated rings. The van der Waals surface area contributed by atoms with E-state index in [1.807, 2.05) is 18.9 Å². The van der Waals surface area contributed by atoms with Gasteiger partial charge in [-0.1, -0.05) is 13.8 Å². The molecule has 2 rings (SSSR count). The summed E-state index contributed by atoms with van der Waals surface area (Å²) in [6.45, 7) is 8.70. The molecule has 0 radical (unpaired) electrons. The Balaban J connectivity index is 0.000000396. The Kier molecular flexibility index (Phi) is 3.71. The van der Waals surface area contributed by atoms with Gasteiger partial charge < -0.3 is 4.90 Å². The minimum Gasteiger partial charge on any atom is -0.305 e. The molecule has 0 unspecified atom stereocenters. The predicted octanol–water partition coefficient (Wildman–Crippen LogP) is 0.914. The number of nitrogens with zero attached hydrogens (tertiary/aromatic N) is 2. The average Bonchev–Trinajstić information content (AvgIpc) is 2.05. The van der Waals surface area contributed by atoms with Gasteiger partial charge in [0, 0.05) is 31.6 Å². The lowest BCUT2D eigenvalue weighted by Gasteiger charge is -2.52. The predicted molar refractivity (Wildman–Crippen MR) is 56.3 cm³/mol. The minimum atomic E-state index is 0.571. The Morgan fingerprint density at radius 2 is 1.77 bits per heavy atom. The van der Waals surface area contributed by atoms with Gasteiger partial charge in [0.2, 0.25) is 0 Å². The van der Waals surface area contributed by atoms with Gasteiger partial charge in [-0.25, -0.2) is 5.01 Å². The second-order valence-corrected chi connectivity index (χ2v) is 4.25. The molecule has 13 heavy (non-hydrogen) atoms. The maximum atomic E-state index is 5.78. The van der Waals surface area contributed by atoms with E-state index in [1.54, 1.807) is 0 Å². The SMILES string of the molecule is CC.CN1CC2(CCCN(N)C2)C1. The molecule has 0 bridgehead atoms. The molecule has 0 amide bonds. The van der Waals surface area contributed by atoms with E-state index in [-0.39, 0.29) is 0 Å². The maximum Gasteiger partial charge on any atom is 0.0209 e. The summed E-state index contributed by atoms with van der Waals surface area (Å²) in [5.41, 5.74) is 0.571. The first-order chi connectivity index (χ1) is 6.20. The Labute approximate surface area is 81.8 Å². The molecule has 0 aromatic heterocycles. The van der Waals surface area contributed by atoms with Crippen molar-refractivity contribution in [2.45, 2.75) is 26.7 Å². The number of piperidine rings is 1. The fourth-order valence-corrected chi connectivity index (χ4v) is 2.60. The summed E-state index contributed by atoms with van der Waals surface area (Å²) in [6.07, 6.45) is 2.66. The van der Waals surface area contributed by atoms with Crippen molar-refractivity contribution in [3.05, 3.63) is 0 Å². The Morgan fingerprint density at radius 1 is 1.15 bits per heavy atom. The number of hydrogen-bond donors (Lipinski definition) is 1. The Hall–Kier alpha value is -0.120. The third-order valence-electron chi connectivity index (χ3n) is 2.90. The van der Waals surface area contributed by atoms with E-state index in [9.17, 15) is 0 Å². The van der Waals surface area contributed by atoms with Crippen molar-refractivity contribution in [3.8, 4) is 0 Å². The van der Waals surface area contributed by atoms with Crippen molar-refractivity contribution in [2.75, 3.05) is 33.2 Å². The summed E-state index contributed by atoms with van der Waals surface area (Å²) in [4.78, 5) is 2.37. The number of rotatable bonds is 0. The minimum absolute atomic E-state index is 0.571. The van der Waals surface area contributed by atoms with Crippen molar-refractivity contribution < 1.29 is 0 Å². The monoisotopic (exact) mass is 185 g/mol. The van der Waals surface area contributed by atoms with E-state index in [1.165, 1.54) is 25.9 Å². The molecule has 1 spiro atoms. The smallest absolute Gasteiger partial charge is 0.0209 e. The van der Waals surface area contributed by atoms with E-state index in [0.717, 1.165) is 13.1 Å². The van der Waals surface area contributed by atoms with Crippen LogP contribution in [0.5, 0.6) is 0 Å². The first-order valence-electron chi connectivity index (χ1n) is 5.38. The summed E-state index contributed by atoms with van der Waals surface area (Å²) < 4.78 is 0. The van der Waals surface area contributed by atoms with Crippen molar-refractivity contribution in [3.63, 3.8) is 0 Å². The zero-order valence-electron chi connectivity index (χ0n) is 9.21. The molecule has 0 atom stereocenters. The van der Waals surface area contributed by atoms with E-state index < -0.39 is 0 Å². The highest BCUT2D eigenvalue weighted by Crippen LogP contribution is 2.36. The van der Waals surface area contributed by atoms with Gasteiger partial charge in [-0.2, -0.15) is 0 Å². The lowest BCUT2D eigenvalue weighted by molar-refractivity contribution is -0.0404.